The normalized spacial score (nSPS) is 33.4. The predicted molar refractivity (Wildman–Crippen MR) is 74.6 cm³/mol. The van der Waals surface area contributed by atoms with E-state index in [1.807, 2.05) is 6.07 Å². The molecule has 0 bridgehead atoms. The van der Waals surface area contributed by atoms with E-state index < -0.39 is 29.8 Å². The molecule has 0 N–H and O–H groups in total. The minimum atomic E-state index is -1.04. The van der Waals surface area contributed by atoms with Crippen molar-refractivity contribution in [2.45, 2.75) is 37.6 Å². The fourth-order valence-corrected chi connectivity index (χ4v) is 2.59. The summed E-state index contributed by atoms with van der Waals surface area (Å²) in [5.74, 6) is -1.21. The van der Waals surface area contributed by atoms with E-state index in [0.717, 1.165) is 0 Å². The Morgan fingerprint density at radius 3 is 2.71 bits per heavy atom. The Morgan fingerprint density at radius 1 is 1.33 bits per heavy atom. The summed E-state index contributed by atoms with van der Waals surface area (Å²) in [6.45, 7) is 7.53. The fourth-order valence-electron chi connectivity index (χ4n) is 2.59. The molecule has 0 unspecified atom stereocenters. The molecule has 0 aromatic heterocycles. The van der Waals surface area contributed by atoms with Gasteiger partial charge in [0, 0.05) is 0 Å². The maximum absolute atomic E-state index is 12.3. The summed E-state index contributed by atoms with van der Waals surface area (Å²) >= 11 is 0. The van der Waals surface area contributed by atoms with Gasteiger partial charge in [-0.1, -0.05) is 24.8 Å². The molecular formula is C16H18O5. The molecule has 21 heavy (non-hydrogen) atoms. The molecule has 1 aromatic carbocycles. The minimum Gasteiger partial charge on any atom is -0.446 e. The summed E-state index contributed by atoms with van der Waals surface area (Å²) in [5, 5.41) is 0. The number of rotatable bonds is 3. The van der Waals surface area contributed by atoms with Gasteiger partial charge in [0.15, 0.2) is 23.8 Å². The van der Waals surface area contributed by atoms with Gasteiger partial charge in [0.05, 0.1) is 12.2 Å². The second kappa shape index (κ2) is 4.94. The monoisotopic (exact) mass is 290 g/mol. The molecule has 0 aliphatic carbocycles. The van der Waals surface area contributed by atoms with Gasteiger partial charge in [-0.3, -0.25) is 0 Å². The van der Waals surface area contributed by atoms with E-state index in [1.165, 1.54) is 0 Å². The zero-order valence-corrected chi connectivity index (χ0v) is 12.1. The third-order valence-electron chi connectivity index (χ3n) is 3.65. The molecule has 0 amide bonds. The molecule has 112 valence electrons. The summed E-state index contributed by atoms with van der Waals surface area (Å²) in [7, 11) is 0. The lowest BCUT2D eigenvalue weighted by molar-refractivity contribution is -0.206. The molecule has 1 aromatic rings. The number of fused-ring (bicyclic) bond motifs is 1. The smallest absolute Gasteiger partial charge is 0.339 e. The first-order valence-corrected chi connectivity index (χ1v) is 6.85. The van der Waals surface area contributed by atoms with Crippen molar-refractivity contribution in [2.75, 3.05) is 6.61 Å². The number of esters is 1. The fraction of sp³-hybridized carbons (Fsp3) is 0.438. The Bertz CT molecular complexity index is 553. The largest absolute Gasteiger partial charge is 0.446 e. The molecule has 2 aliphatic rings. The number of benzene rings is 1. The van der Waals surface area contributed by atoms with E-state index in [1.54, 1.807) is 44.2 Å². The van der Waals surface area contributed by atoms with Crippen LogP contribution in [0.3, 0.4) is 0 Å². The van der Waals surface area contributed by atoms with Crippen LogP contribution in [0.1, 0.15) is 24.2 Å². The highest BCUT2D eigenvalue weighted by Crippen LogP contribution is 2.42. The lowest BCUT2D eigenvalue weighted by Gasteiger charge is -2.30. The molecule has 3 rings (SSSR count). The van der Waals surface area contributed by atoms with Crippen LogP contribution in [-0.4, -0.2) is 36.4 Å². The third-order valence-corrected chi connectivity index (χ3v) is 3.65. The van der Waals surface area contributed by atoms with Crippen LogP contribution in [0.2, 0.25) is 0 Å². The second-order valence-corrected chi connectivity index (χ2v) is 5.65. The van der Waals surface area contributed by atoms with E-state index in [9.17, 15) is 4.79 Å². The molecule has 0 radical (unpaired) electrons. The summed E-state index contributed by atoms with van der Waals surface area (Å²) in [5.41, 5.74) is -0.564. The topological polar surface area (TPSA) is 54.0 Å². The van der Waals surface area contributed by atoms with Gasteiger partial charge >= 0.3 is 5.97 Å². The molecule has 0 saturated carbocycles. The predicted octanol–water partition coefficient (Wildman–Crippen LogP) is 2.28. The summed E-state index contributed by atoms with van der Waals surface area (Å²) in [6.07, 6.45) is 0.489. The Morgan fingerprint density at radius 2 is 2.05 bits per heavy atom. The van der Waals surface area contributed by atoms with E-state index in [4.69, 9.17) is 18.9 Å². The zero-order valence-electron chi connectivity index (χ0n) is 12.1. The van der Waals surface area contributed by atoms with Gasteiger partial charge in [0.1, 0.15) is 0 Å². The highest BCUT2D eigenvalue weighted by molar-refractivity contribution is 5.89. The van der Waals surface area contributed by atoms with Crippen molar-refractivity contribution in [1.82, 2.24) is 0 Å². The standard InChI is InChI=1S/C16H18O5/c1-4-16(20-13(17)11-8-6-5-7-9-11)10-18-14-12(16)19-15(2,3)21-14/h4-9,12,14H,1,10H2,2-3H3/t12-,14+,16+/m0/s1. The Balaban J connectivity index is 1.82. The van der Waals surface area contributed by atoms with Crippen LogP contribution >= 0.6 is 0 Å². The van der Waals surface area contributed by atoms with Gasteiger partial charge in [-0.15, -0.1) is 0 Å². The highest BCUT2D eigenvalue weighted by Gasteiger charge is 2.59. The van der Waals surface area contributed by atoms with Crippen LogP contribution in [0.4, 0.5) is 0 Å². The summed E-state index contributed by atoms with van der Waals surface area (Å²) in [4.78, 5) is 12.3. The van der Waals surface area contributed by atoms with Gasteiger partial charge in [-0.05, 0) is 32.1 Å². The van der Waals surface area contributed by atoms with Crippen molar-refractivity contribution >= 4 is 5.97 Å². The molecular weight excluding hydrogens is 272 g/mol. The van der Waals surface area contributed by atoms with E-state index >= 15 is 0 Å². The Kier molecular flexibility index (Phi) is 3.36. The lowest BCUT2D eigenvalue weighted by atomic mass is 9.99. The lowest BCUT2D eigenvalue weighted by Crippen LogP contribution is -2.46. The van der Waals surface area contributed by atoms with E-state index in [2.05, 4.69) is 6.58 Å². The van der Waals surface area contributed by atoms with Crippen molar-refractivity contribution in [2.24, 2.45) is 0 Å². The average Bonchev–Trinajstić information content (AvgIpc) is 2.95. The van der Waals surface area contributed by atoms with Crippen molar-refractivity contribution in [1.29, 1.82) is 0 Å². The van der Waals surface area contributed by atoms with E-state index in [0.29, 0.717) is 5.56 Å². The molecule has 2 saturated heterocycles. The van der Waals surface area contributed by atoms with Gasteiger partial charge in [-0.25, -0.2) is 4.79 Å². The zero-order chi connectivity index (χ0) is 15.1. The van der Waals surface area contributed by atoms with Crippen LogP contribution in [0.15, 0.2) is 43.0 Å². The van der Waals surface area contributed by atoms with Crippen molar-refractivity contribution in [3.05, 3.63) is 48.6 Å². The molecule has 2 fully saturated rings. The van der Waals surface area contributed by atoms with Crippen LogP contribution in [0.25, 0.3) is 0 Å². The minimum absolute atomic E-state index is 0.167. The molecule has 2 aliphatic heterocycles. The van der Waals surface area contributed by atoms with Crippen molar-refractivity contribution in [3.63, 3.8) is 0 Å². The third kappa shape index (κ3) is 2.48. The number of carbonyl (C=O) groups excluding carboxylic acids is 1. The maximum Gasteiger partial charge on any atom is 0.339 e. The Hall–Kier alpha value is -1.69. The number of hydrogen-bond acceptors (Lipinski definition) is 5. The first kappa shape index (κ1) is 14.3. The van der Waals surface area contributed by atoms with Gasteiger partial charge in [-0.2, -0.15) is 0 Å². The second-order valence-electron chi connectivity index (χ2n) is 5.65. The van der Waals surface area contributed by atoms with Crippen molar-refractivity contribution in [3.8, 4) is 0 Å². The SMILES string of the molecule is C=C[C@@]1(OC(=O)c2ccccc2)CO[C@@H]2OC(C)(C)O[C@@H]21. The average molecular weight is 290 g/mol. The van der Waals surface area contributed by atoms with Crippen LogP contribution in [-0.2, 0) is 18.9 Å². The first-order valence-electron chi connectivity index (χ1n) is 6.85. The van der Waals surface area contributed by atoms with Gasteiger partial charge in [0.25, 0.3) is 0 Å². The van der Waals surface area contributed by atoms with Crippen molar-refractivity contribution < 1.29 is 23.7 Å². The van der Waals surface area contributed by atoms with Crippen LogP contribution in [0.5, 0.6) is 0 Å². The number of hydrogen-bond donors (Lipinski definition) is 0. The number of ether oxygens (including phenoxy) is 4. The number of carbonyl (C=O) groups is 1. The molecule has 5 nitrogen and oxygen atoms in total. The summed E-state index contributed by atoms with van der Waals surface area (Å²) in [6, 6.07) is 8.79. The molecule has 0 spiro atoms. The molecule has 3 atom stereocenters. The first-order chi connectivity index (χ1) is 9.96. The van der Waals surface area contributed by atoms with Crippen LogP contribution < -0.4 is 0 Å². The molecule has 5 heteroatoms. The van der Waals surface area contributed by atoms with Crippen LogP contribution in [0, 0.1) is 0 Å². The van der Waals surface area contributed by atoms with Gasteiger partial charge in [0.2, 0.25) is 0 Å². The Labute approximate surface area is 123 Å². The quantitative estimate of drug-likeness (QED) is 0.631. The maximum atomic E-state index is 12.3. The molecule has 2 heterocycles. The van der Waals surface area contributed by atoms with E-state index in [-0.39, 0.29) is 6.61 Å². The summed E-state index contributed by atoms with van der Waals surface area (Å²) < 4.78 is 22.7. The van der Waals surface area contributed by atoms with Gasteiger partial charge < -0.3 is 18.9 Å². The highest BCUT2D eigenvalue weighted by atomic mass is 16.8.